The first-order chi connectivity index (χ1) is 18.4. The van der Waals surface area contributed by atoms with Gasteiger partial charge >= 0.3 is 11.9 Å². The van der Waals surface area contributed by atoms with Crippen LogP contribution in [0.2, 0.25) is 0 Å². The van der Waals surface area contributed by atoms with Gasteiger partial charge in [0.1, 0.15) is 0 Å². The average molecular weight is 527 g/mol. The highest BCUT2D eigenvalue weighted by molar-refractivity contribution is 6.67. The molecular formula is C33H31ClO4. The molecule has 0 N–H and O–H groups in total. The Morgan fingerprint density at radius 1 is 0.684 bits per heavy atom. The summed E-state index contributed by atoms with van der Waals surface area (Å²) in [5.41, 5.74) is 4.02. The van der Waals surface area contributed by atoms with Crippen molar-refractivity contribution in [3.05, 3.63) is 143 Å². The van der Waals surface area contributed by atoms with Crippen LogP contribution in [0.5, 0.6) is 0 Å². The standard InChI is InChI=1S/C26H26O3.C7H5ClO/c1-3-20(21-10-6-4-7-11-21)18-24(22-12-8-5-9-13-22)26(28)29-25(27)23-16-14-19(2)15-17-23;8-7(9)6-4-2-1-3-5-6/h4-17,20,24H,3,18H2,1-2H3;1-5H. The van der Waals surface area contributed by atoms with Gasteiger partial charge in [0.15, 0.2) is 0 Å². The van der Waals surface area contributed by atoms with E-state index < -0.39 is 23.1 Å². The lowest BCUT2D eigenvalue weighted by molar-refractivity contribution is -0.140. The van der Waals surface area contributed by atoms with E-state index in [0.29, 0.717) is 17.5 Å². The molecule has 0 aliphatic rings. The number of benzene rings is 4. The SMILES string of the molecule is CCC(CC(C(=O)OC(=O)c1ccc(C)cc1)c1ccccc1)c1ccccc1.O=C(Cl)c1ccccc1. The molecule has 5 heteroatoms. The van der Waals surface area contributed by atoms with Crippen LogP contribution in [-0.4, -0.2) is 17.2 Å². The van der Waals surface area contributed by atoms with Gasteiger partial charge in [0.05, 0.1) is 11.5 Å². The van der Waals surface area contributed by atoms with Crippen LogP contribution >= 0.6 is 11.6 Å². The number of hydrogen-bond donors (Lipinski definition) is 0. The summed E-state index contributed by atoms with van der Waals surface area (Å²) in [6.45, 7) is 4.06. The minimum atomic E-state index is -0.608. The predicted octanol–water partition coefficient (Wildman–Crippen LogP) is 8.11. The molecule has 4 aromatic rings. The van der Waals surface area contributed by atoms with Crippen molar-refractivity contribution in [3.63, 3.8) is 0 Å². The first-order valence-corrected chi connectivity index (χ1v) is 12.9. The van der Waals surface area contributed by atoms with Gasteiger partial charge in [-0.05, 0) is 60.5 Å². The van der Waals surface area contributed by atoms with E-state index in [1.54, 1.807) is 36.4 Å². The summed E-state index contributed by atoms with van der Waals surface area (Å²) in [7, 11) is 0. The number of aryl methyl sites for hydroxylation is 1. The average Bonchev–Trinajstić information content (AvgIpc) is 2.95. The Kier molecular flexibility index (Phi) is 11.0. The van der Waals surface area contributed by atoms with Crippen LogP contribution in [-0.2, 0) is 9.53 Å². The summed E-state index contributed by atoms with van der Waals surface area (Å²) >= 11 is 5.16. The van der Waals surface area contributed by atoms with Gasteiger partial charge in [0, 0.05) is 5.56 Å². The fraction of sp³-hybridized carbons (Fsp3) is 0.182. The molecule has 0 fully saturated rings. The monoisotopic (exact) mass is 526 g/mol. The molecule has 0 aliphatic heterocycles. The largest absolute Gasteiger partial charge is 0.389 e. The van der Waals surface area contributed by atoms with Gasteiger partial charge in [-0.1, -0.05) is 116 Å². The second kappa shape index (κ2) is 14.7. The molecule has 0 aliphatic carbocycles. The molecule has 0 radical (unpaired) electrons. The lowest BCUT2D eigenvalue weighted by Gasteiger charge is -2.22. The highest BCUT2D eigenvalue weighted by Gasteiger charge is 2.28. The first kappa shape index (κ1) is 28.5. The van der Waals surface area contributed by atoms with E-state index in [9.17, 15) is 14.4 Å². The smallest absolute Gasteiger partial charge is 0.345 e. The summed E-state index contributed by atoms with van der Waals surface area (Å²) in [6.07, 6.45) is 1.48. The number of carbonyl (C=O) groups excluding carboxylic acids is 3. The van der Waals surface area contributed by atoms with Gasteiger partial charge in [-0.3, -0.25) is 9.59 Å². The zero-order valence-electron chi connectivity index (χ0n) is 21.5. The Morgan fingerprint density at radius 3 is 1.66 bits per heavy atom. The Hall–Kier alpha value is -4.02. The molecule has 2 atom stereocenters. The van der Waals surface area contributed by atoms with E-state index in [-0.39, 0.29) is 5.92 Å². The Balaban J connectivity index is 0.000000375. The lowest BCUT2D eigenvalue weighted by atomic mass is 9.83. The quantitative estimate of drug-likeness (QED) is 0.132. The lowest BCUT2D eigenvalue weighted by Crippen LogP contribution is -2.22. The molecule has 0 amide bonds. The zero-order valence-corrected chi connectivity index (χ0v) is 22.3. The maximum Gasteiger partial charge on any atom is 0.345 e. The molecular weight excluding hydrogens is 496 g/mol. The second-order valence-corrected chi connectivity index (χ2v) is 9.27. The van der Waals surface area contributed by atoms with Gasteiger partial charge in [-0.2, -0.15) is 0 Å². The van der Waals surface area contributed by atoms with Crippen molar-refractivity contribution in [2.24, 2.45) is 0 Å². The van der Waals surface area contributed by atoms with Gasteiger partial charge in [0.2, 0.25) is 0 Å². The molecule has 4 aromatic carbocycles. The van der Waals surface area contributed by atoms with Crippen LogP contribution in [0.4, 0.5) is 0 Å². The van der Waals surface area contributed by atoms with E-state index in [2.05, 4.69) is 19.1 Å². The Morgan fingerprint density at radius 2 is 1.18 bits per heavy atom. The third kappa shape index (κ3) is 8.53. The van der Waals surface area contributed by atoms with Gasteiger partial charge in [-0.25, -0.2) is 4.79 Å². The molecule has 0 saturated heterocycles. The number of esters is 2. The summed E-state index contributed by atoms with van der Waals surface area (Å²) in [5.74, 6) is -1.42. The summed E-state index contributed by atoms with van der Waals surface area (Å²) < 4.78 is 5.30. The second-order valence-electron chi connectivity index (χ2n) is 8.93. The van der Waals surface area contributed by atoms with E-state index in [1.165, 1.54) is 5.56 Å². The number of hydrogen-bond acceptors (Lipinski definition) is 4. The van der Waals surface area contributed by atoms with E-state index in [0.717, 1.165) is 17.5 Å². The molecule has 0 heterocycles. The topological polar surface area (TPSA) is 60.4 Å². The molecule has 4 rings (SSSR count). The zero-order chi connectivity index (χ0) is 27.3. The third-order valence-corrected chi connectivity index (χ3v) is 6.47. The Bertz CT molecular complexity index is 1300. The van der Waals surface area contributed by atoms with Crippen molar-refractivity contribution in [1.82, 2.24) is 0 Å². The molecule has 38 heavy (non-hydrogen) atoms. The fourth-order valence-electron chi connectivity index (χ4n) is 4.08. The molecule has 0 spiro atoms. The number of carbonyl (C=O) groups is 3. The first-order valence-electron chi connectivity index (χ1n) is 12.6. The van der Waals surface area contributed by atoms with E-state index in [4.69, 9.17) is 16.3 Å². The predicted molar refractivity (Wildman–Crippen MR) is 152 cm³/mol. The molecule has 0 bridgehead atoms. The van der Waals surface area contributed by atoms with Crippen LogP contribution in [0.15, 0.2) is 115 Å². The fourth-order valence-corrected chi connectivity index (χ4v) is 4.21. The number of halogens is 1. The van der Waals surface area contributed by atoms with Crippen LogP contribution in [0.3, 0.4) is 0 Å². The van der Waals surface area contributed by atoms with Crippen LogP contribution in [0.1, 0.15) is 69.0 Å². The highest BCUT2D eigenvalue weighted by atomic mass is 35.5. The maximum absolute atomic E-state index is 13.0. The van der Waals surface area contributed by atoms with E-state index in [1.807, 2.05) is 73.7 Å². The molecule has 0 saturated carbocycles. The third-order valence-electron chi connectivity index (χ3n) is 6.25. The van der Waals surface area contributed by atoms with Crippen LogP contribution in [0.25, 0.3) is 0 Å². The van der Waals surface area contributed by atoms with Crippen molar-refractivity contribution < 1.29 is 19.1 Å². The number of rotatable bonds is 8. The highest BCUT2D eigenvalue weighted by Crippen LogP contribution is 2.33. The number of ether oxygens (including phenoxy) is 1. The van der Waals surface area contributed by atoms with Gasteiger partial charge < -0.3 is 4.74 Å². The summed E-state index contributed by atoms with van der Waals surface area (Å²) in [4.78, 5) is 35.9. The normalized spacial score (nSPS) is 11.9. The van der Waals surface area contributed by atoms with Crippen LogP contribution in [0, 0.1) is 6.92 Å². The minimum absolute atomic E-state index is 0.198. The molecule has 194 valence electrons. The summed E-state index contributed by atoms with van der Waals surface area (Å²) in [6, 6.07) is 35.5. The molecule has 0 aromatic heterocycles. The van der Waals surface area contributed by atoms with Gasteiger partial charge in [0.25, 0.3) is 5.24 Å². The Labute approximate surface area is 229 Å². The van der Waals surface area contributed by atoms with Crippen molar-refractivity contribution in [1.29, 1.82) is 0 Å². The van der Waals surface area contributed by atoms with Crippen molar-refractivity contribution >= 4 is 28.8 Å². The van der Waals surface area contributed by atoms with Crippen molar-refractivity contribution in [2.75, 3.05) is 0 Å². The van der Waals surface area contributed by atoms with Crippen molar-refractivity contribution in [2.45, 2.75) is 38.5 Å². The van der Waals surface area contributed by atoms with Gasteiger partial charge in [-0.15, -0.1) is 0 Å². The van der Waals surface area contributed by atoms with Crippen LogP contribution < -0.4 is 0 Å². The van der Waals surface area contributed by atoms with Crippen molar-refractivity contribution in [3.8, 4) is 0 Å². The molecule has 4 nitrogen and oxygen atoms in total. The summed E-state index contributed by atoms with van der Waals surface area (Å²) in [5, 5.41) is -0.407. The molecule has 2 unspecified atom stereocenters. The van der Waals surface area contributed by atoms with E-state index >= 15 is 0 Å². The maximum atomic E-state index is 13.0. The minimum Gasteiger partial charge on any atom is -0.389 e.